The number of allylic oxidation sites excluding steroid dienone is 4. The Hall–Kier alpha value is -2.09. The van der Waals surface area contributed by atoms with Crippen molar-refractivity contribution in [2.45, 2.75) is 114 Å². The van der Waals surface area contributed by atoms with Gasteiger partial charge in [0.2, 0.25) is 0 Å². The summed E-state index contributed by atoms with van der Waals surface area (Å²) in [6.07, 6.45) is 8.50. The summed E-state index contributed by atoms with van der Waals surface area (Å²) in [7, 11) is 1.49. The van der Waals surface area contributed by atoms with Crippen LogP contribution in [0.1, 0.15) is 114 Å². The Balaban J connectivity index is 0.00000172. The minimum Gasteiger partial charge on any atom is -0.511 e. The molecule has 5 heteroatoms. The molecule has 0 aromatic heterocycles. The number of hydrogen-bond donors (Lipinski definition) is 1. The maximum Gasteiger partial charge on any atom is 0.312 e. The van der Waals surface area contributed by atoms with Gasteiger partial charge in [-0.25, -0.2) is 0 Å². The maximum absolute atomic E-state index is 14.4. The first-order chi connectivity index (χ1) is 18.0. The predicted octanol–water partition coefficient (Wildman–Crippen LogP) is 8.11. The first kappa shape index (κ1) is 29.9. The van der Waals surface area contributed by atoms with E-state index in [0.717, 1.165) is 44.9 Å². The molecule has 0 aliphatic heterocycles. The standard InChI is InChI=1S/C32H45NO4.C2H6/c1-27(2)11-13-32(26(36)37-8)14-12-31(7)24(20(32)17-27)21(34)15-23-29(5)16-19(18-33)25(35)28(3,4)22(29)9-10-30(23,31)6;1-2/h15,20,22,24,35H,9-14,16-17H2,1-8H3;1-2H3/t20?,22?,24-,29?,30?,31+,32-;/m0./s1. The number of esters is 1. The van der Waals surface area contributed by atoms with Gasteiger partial charge in [0.15, 0.2) is 5.78 Å². The van der Waals surface area contributed by atoms with Gasteiger partial charge in [-0.05, 0) is 90.9 Å². The smallest absolute Gasteiger partial charge is 0.312 e. The molecule has 216 valence electrons. The largest absolute Gasteiger partial charge is 0.511 e. The zero-order chi connectivity index (χ0) is 29.4. The van der Waals surface area contributed by atoms with Crippen LogP contribution in [0.25, 0.3) is 0 Å². The van der Waals surface area contributed by atoms with E-state index >= 15 is 0 Å². The molecule has 0 aromatic rings. The molecule has 5 aliphatic carbocycles. The minimum atomic E-state index is -0.581. The molecule has 0 bridgehead atoms. The van der Waals surface area contributed by atoms with E-state index < -0.39 is 10.8 Å². The van der Waals surface area contributed by atoms with Gasteiger partial charge in [-0.3, -0.25) is 9.59 Å². The van der Waals surface area contributed by atoms with E-state index in [2.05, 4.69) is 54.5 Å². The van der Waals surface area contributed by atoms with E-state index in [1.54, 1.807) is 0 Å². The molecular weight excluding hydrogens is 486 g/mol. The fraction of sp³-hybridized carbons (Fsp3) is 0.794. The molecule has 1 N–H and O–H groups in total. The van der Waals surface area contributed by atoms with Gasteiger partial charge in [-0.2, -0.15) is 5.26 Å². The number of hydrogen-bond acceptors (Lipinski definition) is 5. The van der Waals surface area contributed by atoms with Crippen LogP contribution in [-0.4, -0.2) is 24.0 Å². The molecule has 3 saturated carbocycles. The second-order valence-electron chi connectivity index (χ2n) is 15.2. The number of ketones is 1. The molecule has 5 nitrogen and oxygen atoms in total. The lowest BCUT2D eigenvalue weighted by Crippen LogP contribution is -2.65. The molecule has 0 amide bonds. The topological polar surface area (TPSA) is 87.4 Å². The quantitative estimate of drug-likeness (QED) is 0.341. The van der Waals surface area contributed by atoms with E-state index in [9.17, 15) is 20.0 Å². The van der Waals surface area contributed by atoms with Crippen molar-refractivity contribution in [2.75, 3.05) is 7.11 Å². The van der Waals surface area contributed by atoms with Gasteiger partial charge < -0.3 is 9.84 Å². The number of fused-ring (bicyclic) bond motifs is 7. The van der Waals surface area contributed by atoms with Crippen molar-refractivity contribution >= 4 is 11.8 Å². The number of carbonyl (C=O) groups excluding carboxylic acids is 2. The zero-order valence-corrected chi connectivity index (χ0v) is 26.1. The highest BCUT2D eigenvalue weighted by Gasteiger charge is 2.71. The molecule has 5 aliphatic rings. The number of methoxy groups -OCH3 is 1. The van der Waals surface area contributed by atoms with Gasteiger partial charge in [-0.1, -0.05) is 67.9 Å². The normalized spacial score (nSPS) is 43.7. The number of nitriles is 1. The zero-order valence-electron chi connectivity index (χ0n) is 26.1. The Morgan fingerprint density at radius 3 is 2.23 bits per heavy atom. The van der Waals surface area contributed by atoms with Crippen molar-refractivity contribution in [1.82, 2.24) is 0 Å². The molecule has 3 fully saturated rings. The fourth-order valence-electron chi connectivity index (χ4n) is 10.5. The second-order valence-corrected chi connectivity index (χ2v) is 15.2. The molecular formula is C34H51NO4. The average Bonchev–Trinajstić information content (AvgIpc) is 2.88. The summed E-state index contributed by atoms with van der Waals surface area (Å²) in [5.41, 5.74) is -0.275. The molecule has 39 heavy (non-hydrogen) atoms. The van der Waals surface area contributed by atoms with Crippen molar-refractivity contribution in [1.29, 1.82) is 5.26 Å². The van der Waals surface area contributed by atoms with E-state index in [-0.39, 0.29) is 56.9 Å². The van der Waals surface area contributed by atoms with Gasteiger partial charge in [0.1, 0.15) is 5.76 Å². The maximum atomic E-state index is 14.4. The first-order valence-electron chi connectivity index (χ1n) is 15.2. The van der Waals surface area contributed by atoms with Crippen LogP contribution in [0, 0.1) is 61.6 Å². The number of ether oxygens (including phenoxy) is 1. The van der Waals surface area contributed by atoms with Crippen LogP contribution >= 0.6 is 0 Å². The van der Waals surface area contributed by atoms with Crippen molar-refractivity contribution in [3.63, 3.8) is 0 Å². The Morgan fingerprint density at radius 1 is 1.03 bits per heavy atom. The molecule has 0 aromatic carbocycles. The Morgan fingerprint density at radius 2 is 1.64 bits per heavy atom. The van der Waals surface area contributed by atoms with Crippen LogP contribution in [-0.2, 0) is 14.3 Å². The number of carbonyl (C=O) groups is 2. The van der Waals surface area contributed by atoms with E-state index in [4.69, 9.17) is 4.74 Å². The van der Waals surface area contributed by atoms with Gasteiger partial charge in [0.25, 0.3) is 0 Å². The summed E-state index contributed by atoms with van der Waals surface area (Å²) in [5.74, 6) is 0.143. The lowest BCUT2D eigenvalue weighted by atomic mass is 9.34. The molecule has 0 saturated heterocycles. The number of aliphatic hydroxyl groups is 1. The fourth-order valence-corrected chi connectivity index (χ4v) is 10.5. The van der Waals surface area contributed by atoms with Crippen LogP contribution < -0.4 is 0 Å². The lowest BCUT2D eigenvalue weighted by Gasteiger charge is -2.69. The van der Waals surface area contributed by atoms with Crippen molar-refractivity contribution in [3.8, 4) is 6.07 Å². The SMILES string of the molecule is CC.COC(=O)[C@]12CCC(C)(C)CC1[C@H]1C(=O)C=C3C4(C)CC(C#N)=C(O)C(C)(C)C4CCC3(C)[C@]1(C)CC2. The average molecular weight is 538 g/mol. The monoisotopic (exact) mass is 537 g/mol. The summed E-state index contributed by atoms with van der Waals surface area (Å²) >= 11 is 0. The highest BCUT2D eigenvalue weighted by molar-refractivity contribution is 5.96. The lowest BCUT2D eigenvalue weighted by molar-refractivity contribution is -0.192. The van der Waals surface area contributed by atoms with Gasteiger partial charge in [-0.15, -0.1) is 0 Å². The molecule has 0 spiro atoms. The molecule has 0 radical (unpaired) electrons. The highest BCUT2D eigenvalue weighted by Crippen LogP contribution is 2.75. The van der Waals surface area contributed by atoms with Crippen LogP contribution in [0.3, 0.4) is 0 Å². The molecule has 5 rings (SSSR count). The summed E-state index contributed by atoms with van der Waals surface area (Å²) in [4.78, 5) is 27.8. The summed E-state index contributed by atoms with van der Waals surface area (Å²) in [6, 6.07) is 2.29. The van der Waals surface area contributed by atoms with Crippen LogP contribution in [0.15, 0.2) is 23.0 Å². The van der Waals surface area contributed by atoms with Crippen molar-refractivity contribution in [2.24, 2.45) is 50.2 Å². The molecule has 4 unspecified atom stereocenters. The van der Waals surface area contributed by atoms with Gasteiger partial charge >= 0.3 is 5.97 Å². The third-order valence-electron chi connectivity index (χ3n) is 12.7. The summed E-state index contributed by atoms with van der Waals surface area (Å²) < 4.78 is 5.42. The second kappa shape index (κ2) is 9.22. The molecule has 7 atom stereocenters. The Kier molecular flexibility index (Phi) is 7.06. The van der Waals surface area contributed by atoms with E-state index in [1.165, 1.54) is 12.7 Å². The van der Waals surface area contributed by atoms with Crippen molar-refractivity contribution < 1.29 is 19.4 Å². The Labute approximate surface area is 236 Å². The van der Waals surface area contributed by atoms with Crippen LogP contribution in [0.2, 0.25) is 0 Å². The predicted molar refractivity (Wildman–Crippen MR) is 153 cm³/mol. The minimum absolute atomic E-state index is 0.0310. The number of rotatable bonds is 1. The summed E-state index contributed by atoms with van der Waals surface area (Å²) in [5, 5.41) is 20.9. The van der Waals surface area contributed by atoms with E-state index in [1.807, 2.05) is 19.9 Å². The first-order valence-corrected chi connectivity index (χ1v) is 15.2. The molecule has 0 heterocycles. The van der Waals surface area contributed by atoms with E-state index in [0.29, 0.717) is 12.0 Å². The van der Waals surface area contributed by atoms with Crippen LogP contribution in [0.5, 0.6) is 0 Å². The third-order valence-corrected chi connectivity index (χ3v) is 12.7. The van der Waals surface area contributed by atoms with Crippen molar-refractivity contribution in [3.05, 3.63) is 23.0 Å². The number of aliphatic hydroxyl groups excluding tert-OH is 1. The highest BCUT2D eigenvalue weighted by atomic mass is 16.5. The van der Waals surface area contributed by atoms with Crippen LogP contribution in [0.4, 0.5) is 0 Å². The summed E-state index contributed by atoms with van der Waals surface area (Å²) in [6.45, 7) is 19.6. The third kappa shape index (κ3) is 3.75. The Bertz CT molecular complexity index is 1170. The van der Waals surface area contributed by atoms with Gasteiger partial charge in [0.05, 0.1) is 24.2 Å². The van der Waals surface area contributed by atoms with Gasteiger partial charge in [0, 0.05) is 11.3 Å². The number of nitrogens with zero attached hydrogens (tertiary/aromatic N) is 1.